The second-order valence-corrected chi connectivity index (χ2v) is 4.10. The quantitative estimate of drug-likeness (QED) is 0.774. The molecular weight excluding hydrogens is 206 g/mol. The lowest BCUT2D eigenvalue weighted by molar-refractivity contribution is 0.411. The predicted octanol–water partition coefficient (Wildman–Crippen LogP) is 2.76. The number of rotatable bonds is 5. The molecule has 0 heterocycles. The molecule has 0 saturated heterocycles. The van der Waals surface area contributed by atoms with Gasteiger partial charge in [0.1, 0.15) is 5.75 Å². The molecule has 0 atom stereocenters. The molecule has 0 radical (unpaired) electrons. The van der Waals surface area contributed by atoms with Crippen LogP contribution in [0.25, 0.3) is 0 Å². The Labute approximate surface area is 97.6 Å². The van der Waals surface area contributed by atoms with Gasteiger partial charge in [-0.05, 0) is 42.9 Å². The summed E-state index contributed by atoms with van der Waals surface area (Å²) in [6, 6.07) is 6.25. The van der Waals surface area contributed by atoms with Crippen molar-refractivity contribution in [2.75, 3.05) is 31.4 Å². The van der Waals surface area contributed by atoms with Gasteiger partial charge in [-0.3, -0.25) is 0 Å². The summed E-state index contributed by atoms with van der Waals surface area (Å²) in [5, 5.41) is 0. The minimum absolute atomic E-state index is 0.930. The minimum Gasteiger partial charge on any atom is -0.496 e. The van der Waals surface area contributed by atoms with Crippen LogP contribution in [0, 0.1) is 6.92 Å². The van der Waals surface area contributed by atoms with Crippen LogP contribution in [0.5, 0.6) is 5.75 Å². The van der Waals surface area contributed by atoms with Crippen LogP contribution in [0.1, 0.15) is 12.0 Å². The highest BCUT2D eigenvalue weighted by Crippen LogP contribution is 2.23. The van der Waals surface area contributed by atoms with Crippen molar-refractivity contribution >= 4 is 18.3 Å². The molecule has 0 aliphatic rings. The molecule has 0 unspecified atom stereocenters. The van der Waals surface area contributed by atoms with E-state index in [9.17, 15) is 0 Å². The Kier molecular flexibility index (Phi) is 4.82. The van der Waals surface area contributed by atoms with E-state index in [2.05, 4.69) is 43.6 Å². The molecule has 2 nitrogen and oxygen atoms in total. The van der Waals surface area contributed by atoms with Gasteiger partial charge in [0.25, 0.3) is 0 Å². The number of anilines is 1. The molecule has 0 amide bonds. The molecule has 0 aromatic heterocycles. The fraction of sp³-hybridized carbons (Fsp3) is 0.500. The van der Waals surface area contributed by atoms with E-state index in [0.29, 0.717) is 0 Å². The summed E-state index contributed by atoms with van der Waals surface area (Å²) in [5.74, 6) is 1.88. The van der Waals surface area contributed by atoms with Crippen LogP contribution < -0.4 is 9.64 Å². The van der Waals surface area contributed by atoms with Crippen molar-refractivity contribution in [3.05, 3.63) is 23.8 Å². The zero-order valence-corrected chi connectivity index (χ0v) is 10.6. The van der Waals surface area contributed by atoms with Gasteiger partial charge in [0.05, 0.1) is 7.11 Å². The van der Waals surface area contributed by atoms with Gasteiger partial charge in [-0.15, -0.1) is 0 Å². The van der Waals surface area contributed by atoms with Crippen molar-refractivity contribution in [1.82, 2.24) is 0 Å². The van der Waals surface area contributed by atoms with Crippen molar-refractivity contribution in [2.24, 2.45) is 0 Å². The molecule has 0 saturated carbocycles. The normalized spacial score (nSPS) is 10.1. The minimum atomic E-state index is 0.930. The van der Waals surface area contributed by atoms with Gasteiger partial charge in [-0.1, -0.05) is 0 Å². The molecule has 0 N–H and O–H groups in total. The zero-order valence-electron chi connectivity index (χ0n) is 9.66. The molecule has 0 spiro atoms. The summed E-state index contributed by atoms with van der Waals surface area (Å²) in [7, 11) is 3.80. The fourth-order valence-electron chi connectivity index (χ4n) is 1.54. The average molecular weight is 225 g/mol. The van der Waals surface area contributed by atoms with Crippen LogP contribution in [0.3, 0.4) is 0 Å². The van der Waals surface area contributed by atoms with Crippen molar-refractivity contribution in [3.8, 4) is 5.75 Å². The summed E-state index contributed by atoms with van der Waals surface area (Å²) in [4.78, 5) is 2.24. The molecule has 0 fully saturated rings. The first-order chi connectivity index (χ1) is 7.19. The highest BCUT2D eigenvalue weighted by Gasteiger charge is 2.03. The van der Waals surface area contributed by atoms with Crippen LogP contribution in [0.15, 0.2) is 18.2 Å². The van der Waals surface area contributed by atoms with Crippen LogP contribution in [-0.2, 0) is 0 Å². The Balaban J connectivity index is 2.73. The molecule has 15 heavy (non-hydrogen) atoms. The fourth-order valence-corrected chi connectivity index (χ4v) is 1.68. The summed E-state index contributed by atoms with van der Waals surface area (Å²) < 4.78 is 5.23. The highest BCUT2D eigenvalue weighted by molar-refractivity contribution is 7.80. The molecular formula is C12H19NOS. The molecule has 1 rings (SSSR count). The highest BCUT2D eigenvalue weighted by atomic mass is 32.1. The maximum Gasteiger partial charge on any atom is 0.121 e. The summed E-state index contributed by atoms with van der Waals surface area (Å²) in [6.45, 7) is 3.10. The van der Waals surface area contributed by atoms with Gasteiger partial charge in [0.15, 0.2) is 0 Å². The van der Waals surface area contributed by atoms with E-state index >= 15 is 0 Å². The van der Waals surface area contributed by atoms with Crippen molar-refractivity contribution in [3.63, 3.8) is 0 Å². The number of ether oxygens (including phenoxy) is 1. The molecule has 0 bridgehead atoms. The molecule has 3 heteroatoms. The van der Waals surface area contributed by atoms with Gasteiger partial charge in [0, 0.05) is 19.3 Å². The second-order valence-electron chi connectivity index (χ2n) is 3.65. The van der Waals surface area contributed by atoms with E-state index in [4.69, 9.17) is 4.74 Å². The largest absolute Gasteiger partial charge is 0.496 e. The van der Waals surface area contributed by atoms with Crippen LogP contribution in [0.4, 0.5) is 5.69 Å². The second kappa shape index (κ2) is 5.91. The van der Waals surface area contributed by atoms with E-state index in [1.54, 1.807) is 7.11 Å². The first kappa shape index (κ1) is 12.2. The maximum absolute atomic E-state index is 5.23. The number of nitrogens with zero attached hydrogens (tertiary/aromatic N) is 1. The van der Waals surface area contributed by atoms with Gasteiger partial charge < -0.3 is 9.64 Å². The molecule has 0 aliphatic carbocycles. The summed E-state index contributed by atoms with van der Waals surface area (Å²) >= 11 is 4.21. The lowest BCUT2D eigenvalue weighted by atomic mass is 10.2. The lowest BCUT2D eigenvalue weighted by Gasteiger charge is -2.20. The predicted molar refractivity (Wildman–Crippen MR) is 69.5 cm³/mol. The van der Waals surface area contributed by atoms with Gasteiger partial charge in [-0.2, -0.15) is 12.6 Å². The summed E-state index contributed by atoms with van der Waals surface area (Å²) in [6.07, 6.45) is 1.10. The Hall–Kier alpha value is -0.830. The number of benzene rings is 1. The molecule has 1 aromatic carbocycles. The van der Waals surface area contributed by atoms with E-state index in [1.807, 2.05) is 6.07 Å². The number of methoxy groups -OCH3 is 1. The maximum atomic E-state index is 5.23. The lowest BCUT2D eigenvalue weighted by Crippen LogP contribution is -2.18. The number of hydrogen-bond acceptors (Lipinski definition) is 3. The first-order valence-electron chi connectivity index (χ1n) is 5.15. The van der Waals surface area contributed by atoms with Crippen LogP contribution in [-0.4, -0.2) is 26.5 Å². The number of aryl methyl sites for hydroxylation is 1. The van der Waals surface area contributed by atoms with Gasteiger partial charge in [-0.25, -0.2) is 0 Å². The van der Waals surface area contributed by atoms with Gasteiger partial charge >= 0.3 is 0 Å². The monoisotopic (exact) mass is 225 g/mol. The molecule has 84 valence electrons. The smallest absolute Gasteiger partial charge is 0.121 e. The van der Waals surface area contributed by atoms with Crippen LogP contribution >= 0.6 is 12.6 Å². The standard InChI is InChI=1S/C12H19NOS/c1-10-9-11(5-6-12(10)14-3)13(2)7-4-8-15/h5-6,9,15H,4,7-8H2,1-3H3. The Bertz CT molecular complexity index is 314. The summed E-state index contributed by atoms with van der Waals surface area (Å²) in [5.41, 5.74) is 2.41. The van der Waals surface area contributed by atoms with Crippen molar-refractivity contribution in [1.29, 1.82) is 0 Å². The number of hydrogen-bond donors (Lipinski definition) is 1. The third-order valence-electron chi connectivity index (χ3n) is 2.47. The van der Waals surface area contributed by atoms with E-state index < -0.39 is 0 Å². The van der Waals surface area contributed by atoms with E-state index in [0.717, 1.165) is 24.5 Å². The Morgan fingerprint density at radius 1 is 1.40 bits per heavy atom. The number of thiol groups is 1. The SMILES string of the molecule is COc1ccc(N(C)CCCS)cc1C. The van der Waals surface area contributed by atoms with E-state index in [-0.39, 0.29) is 0 Å². The topological polar surface area (TPSA) is 12.5 Å². The van der Waals surface area contributed by atoms with Gasteiger partial charge in [0.2, 0.25) is 0 Å². The van der Waals surface area contributed by atoms with E-state index in [1.165, 1.54) is 11.3 Å². The third-order valence-corrected chi connectivity index (χ3v) is 2.79. The molecule has 1 aromatic rings. The third kappa shape index (κ3) is 3.34. The zero-order chi connectivity index (χ0) is 11.3. The van der Waals surface area contributed by atoms with Crippen molar-refractivity contribution < 1.29 is 4.74 Å². The Morgan fingerprint density at radius 3 is 2.67 bits per heavy atom. The Morgan fingerprint density at radius 2 is 2.13 bits per heavy atom. The van der Waals surface area contributed by atoms with Crippen molar-refractivity contribution in [2.45, 2.75) is 13.3 Å². The first-order valence-corrected chi connectivity index (χ1v) is 5.79. The van der Waals surface area contributed by atoms with Crippen LogP contribution in [0.2, 0.25) is 0 Å². The molecule has 0 aliphatic heterocycles. The average Bonchev–Trinajstić information content (AvgIpc) is 2.25.